The lowest BCUT2D eigenvalue weighted by atomic mass is 10.1. The van der Waals surface area contributed by atoms with E-state index >= 15 is 0 Å². The van der Waals surface area contributed by atoms with E-state index in [1.54, 1.807) is 12.1 Å². The Kier molecular flexibility index (Phi) is 8.76. The van der Waals surface area contributed by atoms with E-state index in [2.05, 4.69) is 15.5 Å². The number of hydrogen-bond acceptors (Lipinski definition) is 9. The van der Waals surface area contributed by atoms with Crippen molar-refractivity contribution < 1.29 is 38.5 Å². The highest BCUT2D eigenvalue weighted by atomic mass is 35.5. The van der Waals surface area contributed by atoms with Crippen LogP contribution in [-0.2, 0) is 19.1 Å². The third kappa shape index (κ3) is 6.46. The van der Waals surface area contributed by atoms with Gasteiger partial charge in [-0.2, -0.15) is 0 Å². The first-order valence-electron chi connectivity index (χ1n) is 10.0. The molecule has 1 heterocycles. The van der Waals surface area contributed by atoms with Gasteiger partial charge >= 0.3 is 17.9 Å². The van der Waals surface area contributed by atoms with Crippen LogP contribution in [0.3, 0.4) is 0 Å². The molecule has 36 heavy (non-hydrogen) atoms. The maximum absolute atomic E-state index is 13.0. The number of carbonyl (C=O) groups excluding carboxylic acids is 3. The summed E-state index contributed by atoms with van der Waals surface area (Å²) >= 11 is 12.0. The third-order valence-corrected chi connectivity index (χ3v) is 5.19. The Morgan fingerprint density at radius 2 is 1.33 bits per heavy atom. The normalized spacial score (nSPS) is 12.1. The van der Waals surface area contributed by atoms with Crippen LogP contribution in [0.15, 0.2) is 60.7 Å². The molecule has 13 heteroatoms. The number of carboxylic acids is 1. The average Bonchev–Trinajstić information content (AvgIpc) is 2.86. The molecule has 11 nitrogen and oxygen atoms in total. The van der Waals surface area contributed by atoms with Gasteiger partial charge in [0.25, 0.3) is 5.91 Å². The van der Waals surface area contributed by atoms with E-state index < -0.39 is 36.0 Å². The Hall–Kier alpha value is -4.22. The van der Waals surface area contributed by atoms with Gasteiger partial charge in [0, 0.05) is 6.07 Å². The second-order valence-electron chi connectivity index (χ2n) is 6.90. The number of ether oxygens (including phenoxy) is 3. The van der Waals surface area contributed by atoms with Gasteiger partial charge in [0.1, 0.15) is 0 Å². The average molecular weight is 534 g/mol. The summed E-state index contributed by atoms with van der Waals surface area (Å²) in [4.78, 5) is 50.5. The fourth-order valence-electron chi connectivity index (χ4n) is 2.80. The number of carboxylic acid groups (broad SMARTS) is 1. The standard InChI is InChI=1S/C23H17Cl2N3O8/c1-34-17-11-10-16(27-28-17)26-20(29)18(35-22(32)12-6-2-4-8-14(12)24)19(21(30)31)36-23(33)13-7-3-5-9-15(13)25/h2-11,18-19H,1H3,(H,30,31)(H,26,27,29)/t18-,19-/m0/s1. The predicted molar refractivity (Wildman–Crippen MR) is 126 cm³/mol. The van der Waals surface area contributed by atoms with E-state index in [9.17, 15) is 24.3 Å². The number of rotatable bonds is 9. The lowest BCUT2D eigenvalue weighted by Gasteiger charge is -2.23. The molecular weight excluding hydrogens is 517 g/mol. The molecule has 0 aliphatic rings. The molecule has 0 unspecified atom stereocenters. The number of esters is 2. The zero-order valence-electron chi connectivity index (χ0n) is 18.4. The van der Waals surface area contributed by atoms with E-state index in [1.807, 2.05) is 0 Å². The first kappa shape index (κ1) is 26.4. The lowest BCUT2D eigenvalue weighted by Crippen LogP contribution is -2.48. The summed E-state index contributed by atoms with van der Waals surface area (Å²) in [6, 6.07) is 14.1. The minimum Gasteiger partial charge on any atom is -0.480 e. The van der Waals surface area contributed by atoms with E-state index in [-0.39, 0.29) is 32.9 Å². The van der Waals surface area contributed by atoms with Crippen molar-refractivity contribution in [3.8, 4) is 5.88 Å². The molecule has 2 atom stereocenters. The Morgan fingerprint density at radius 1 is 0.806 bits per heavy atom. The molecule has 0 radical (unpaired) electrons. The summed E-state index contributed by atoms with van der Waals surface area (Å²) in [6.45, 7) is 0. The minimum absolute atomic E-state index is 0.0115. The third-order valence-electron chi connectivity index (χ3n) is 4.53. The number of nitrogens with one attached hydrogen (secondary N) is 1. The number of aliphatic carboxylic acids is 1. The SMILES string of the molecule is COc1ccc(NC(=O)[C@@H](OC(=O)c2ccccc2Cl)[C@H](OC(=O)c2ccccc2Cl)C(=O)O)nn1. The summed E-state index contributed by atoms with van der Waals surface area (Å²) < 4.78 is 15.1. The minimum atomic E-state index is -2.27. The summed E-state index contributed by atoms with van der Waals surface area (Å²) in [5.74, 6) is -5.23. The number of methoxy groups -OCH3 is 1. The molecule has 186 valence electrons. The van der Waals surface area contributed by atoms with Crippen LogP contribution in [0.2, 0.25) is 10.0 Å². The van der Waals surface area contributed by atoms with E-state index in [1.165, 1.54) is 55.6 Å². The molecule has 0 aliphatic carbocycles. The zero-order valence-corrected chi connectivity index (χ0v) is 19.9. The molecular formula is C23H17Cl2N3O8. The van der Waals surface area contributed by atoms with Crippen LogP contribution >= 0.6 is 23.2 Å². The Balaban J connectivity index is 1.93. The van der Waals surface area contributed by atoms with Crippen molar-refractivity contribution in [2.75, 3.05) is 12.4 Å². The summed E-state index contributed by atoms with van der Waals surface area (Å²) in [7, 11) is 1.36. The fraction of sp³-hybridized carbons (Fsp3) is 0.130. The first-order valence-corrected chi connectivity index (χ1v) is 10.8. The van der Waals surface area contributed by atoms with Crippen molar-refractivity contribution in [2.45, 2.75) is 12.2 Å². The van der Waals surface area contributed by atoms with Gasteiger partial charge in [-0.25, -0.2) is 14.4 Å². The van der Waals surface area contributed by atoms with Gasteiger partial charge in [-0.3, -0.25) is 4.79 Å². The summed E-state index contributed by atoms with van der Waals surface area (Å²) in [5.41, 5.74) is -0.314. The molecule has 0 saturated carbocycles. The van der Waals surface area contributed by atoms with Gasteiger partial charge in [-0.1, -0.05) is 47.5 Å². The number of hydrogen-bond donors (Lipinski definition) is 2. The molecule has 0 saturated heterocycles. The molecule has 3 rings (SSSR count). The second-order valence-corrected chi connectivity index (χ2v) is 7.71. The van der Waals surface area contributed by atoms with Gasteiger partial charge in [-0.05, 0) is 30.3 Å². The highest BCUT2D eigenvalue weighted by molar-refractivity contribution is 6.34. The van der Waals surface area contributed by atoms with Gasteiger partial charge in [0.05, 0.1) is 28.3 Å². The van der Waals surface area contributed by atoms with Crippen LogP contribution in [-0.4, -0.2) is 58.4 Å². The van der Waals surface area contributed by atoms with Crippen LogP contribution in [0.25, 0.3) is 0 Å². The smallest absolute Gasteiger partial charge is 0.349 e. The molecule has 0 aliphatic heterocycles. The molecule has 0 bridgehead atoms. The monoisotopic (exact) mass is 533 g/mol. The molecule has 3 aromatic rings. The van der Waals surface area contributed by atoms with Crippen molar-refractivity contribution in [2.24, 2.45) is 0 Å². The number of aromatic nitrogens is 2. The van der Waals surface area contributed by atoms with Crippen LogP contribution in [0.1, 0.15) is 20.7 Å². The predicted octanol–water partition coefficient (Wildman–Crippen LogP) is 3.27. The molecule has 2 N–H and O–H groups in total. The lowest BCUT2D eigenvalue weighted by molar-refractivity contribution is -0.157. The van der Waals surface area contributed by atoms with Gasteiger partial charge < -0.3 is 24.6 Å². The van der Waals surface area contributed by atoms with Crippen molar-refractivity contribution in [1.29, 1.82) is 0 Å². The van der Waals surface area contributed by atoms with E-state index in [0.717, 1.165) is 0 Å². The number of anilines is 1. The van der Waals surface area contributed by atoms with Crippen molar-refractivity contribution in [1.82, 2.24) is 10.2 Å². The quantitative estimate of drug-likeness (QED) is 0.391. The number of halogens is 2. The van der Waals surface area contributed by atoms with Crippen LogP contribution in [0, 0.1) is 0 Å². The van der Waals surface area contributed by atoms with Gasteiger partial charge in [-0.15, -0.1) is 10.2 Å². The largest absolute Gasteiger partial charge is 0.480 e. The second kappa shape index (κ2) is 12.0. The molecule has 0 spiro atoms. The number of nitrogens with zero attached hydrogens (tertiary/aromatic N) is 2. The molecule has 2 aromatic carbocycles. The Morgan fingerprint density at radius 3 is 1.78 bits per heavy atom. The van der Waals surface area contributed by atoms with Crippen molar-refractivity contribution in [3.05, 3.63) is 81.8 Å². The maximum Gasteiger partial charge on any atom is 0.349 e. The number of benzene rings is 2. The fourth-order valence-corrected chi connectivity index (χ4v) is 3.22. The maximum atomic E-state index is 13.0. The molecule has 1 amide bonds. The van der Waals surface area contributed by atoms with Crippen LogP contribution in [0.4, 0.5) is 5.82 Å². The van der Waals surface area contributed by atoms with Crippen molar-refractivity contribution in [3.63, 3.8) is 0 Å². The first-order chi connectivity index (χ1) is 17.2. The summed E-state index contributed by atoms with van der Waals surface area (Å²) in [5, 5.41) is 19.4. The van der Waals surface area contributed by atoms with E-state index in [4.69, 9.17) is 37.4 Å². The molecule has 1 aromatic heterocycles. The number of carbonyl (C=O) groups is 4. The Bertz CT molecular complexity index is 1290. The summed E-state index contributed by atoms with van der Waals surface area (Å²) in [6.07, 6.45) is -4.44. The number of amides is 1. The van der Waals surface area contributed by atoms with Crippen molar-refractivity contribution >= 4 is 52.8 Å². The van der Waals surface area contributed by atoms with Gasteiger partial charge in [0.2, 0.25) is 18.1 Å². The van der Waals surface area contributed by atoms with E-state index in [0.29, 0.717) is 0 Å². The highest BCUT2D eigenvalue weighted by Crippen LogP contribution is 2.21. The topological polar surface area (TPSA) is 154 Å². The molecule has 0 fully saturated rings. The van der Waals surface area contributed by atoms with Crippen LogP contribution in [0.5, 0.6) is 5.88 Å². The van der Waals surface area contributed by atoms with Crippen LogP contribution < -0.4 is 10.1 Å². The zero-order chi connectivity index (χ0) is 26.2. The Labute approximate surface area is 213 Å². The van der Waals surface area contributed by atoms with Gasteiger partial charge in [0.15, 0.2) is 5.82 Å². The highest BCUT2D eigenvalue weighted by Gasteiger charge is 2.41.